The van der Waals surface area contributed by atoms with Crippen molar-refractivity contribution in [2.45, 2.75) is 44.9 Å². The van der Waals surface area contributed by atoms with Crippen LogP contribution in [0.15, 0.2) is 24.3 Å². The predicted molar refractivity (Wildman–Crippen MR) is 95.1 cm³/mol. The molecule has 1 amide bonds. The van der Waals surface area contributed by atoms with Gasteiger partial charge in [0.25, 0.3) is 0 Å². The molecule has 7 heteroatoms. The number of halogens is 2. The third-order valence-corrected chi connectivity index (χ3v) is 5.13. The maximum absolute atomic E-state index is 12.6. The van der Waals surface area contributed by atoms with Crippen molar-refractivity contribution in [1.29, 1.82) is 0 Å². The Hall–Kier alpha value is -1.73. The highest BCUT2D eigenvalue weighted by molar-refractivity contribution is 5.81. The number of rotatable bonds is 7. The average molecular weight is 367 g/mol. The first-order valence-corrected chi connectivity index (χ1v) is 9.38. The number of carbonyl (C=O) groups excluding carboxylic acids is 1. The van der Waals surface area contributed by atoms with Crippen LogP contribution in [0.5, 0.6) is 5.75 Å². The van der Waals surface area contributed by atoms with Crippen LogP contribution in [0.1, 0.15) is 31.2 Å². The number of benzene rings is 1. The Morgan fingerprint density at radius 2 is 2.15 bits per heavy atom. The van der Waals surface area contributed by atoms with Crippen molar-refractivity contribution < 1.29 is 18.3 Å². The van der Waals surface area contributed by atoms with E-state index in [-0.39, 0.29) is 17.7 Å². The summed E-state index contributed by atoms with van der Waals surface area (Å²) >= 11 is 0. The van der Waals surface area contributed by atoms with Crippen molar-refractivity contribution in [3.05, 3.63) is 29.8 Å². The molecule has 2 N–H and O–H groups in total. The van der Waals surface area contributed by atoms with Crippen LogP contribution < -0.4 is 15.4 Å². The van der Waals surface area contributed by atoms with Crippen LogP contribution in [-0.4, -0.2) is 49.6 Å². The minimum absolute atomic E-state index is 0.0481. The number of ether oxygens (including phenoxy) is 1. The fourth-order valence-electron chi connectivity index (χ4n) is 3.82. The van der Waals surface area contributed by atoms with Gasteiger partial charge in [-0.3, -0.25) is 9.69 Å². The second kappa shape index (κ2) is 9.28. The summed E-state index contributed by atoms with van der Waals surface area (Å²) in [4.78, 5) is 14.4. The maximum atomic E-state index is 12.6. The lowest BCUT2D eigenvalue weighted by molar-refractivity contribution is -0.123. The van der Waals surface area contributed by atoms with Gasteiger partial charge in [0.15, 0.2) is 0 Å². The Morgan fingerprint density at radius 3 is 2.92 bits per heavy atom. The van der Waals surface area contributed by atoms with Crippen LogP contribution in [0.25, 0.3) is 0 Å². The largest absolute Gasteiger partial charge is 0.434 e. The van der Waals surface area contributed by atoms with Gasteiger partial charge in [-0.05, 0) is 50.8 Å². The number of amides is 1. The molecule has 0 spiro atoms. The molecule has 144 valence electrons. The molecule has 5 nitrogen and oxygen atoms in total. The van der Waals surface area contributed by atoms with Crippen molar-refractivity contribution in [1.82, 2.24) is 15.5 Å². The fourth-order valence-corrected chi connectivity index (χ4v) is 3.82. The van der Waals surface area contributed by atoms with Crippen LogP contribution >= 0.6 is 0 Å². The third-order valence-electron chi connectivity index (χ3n) is 5.13. The lowest BCUT2D eigenvalue weighted by Gasteiger charge is -2.33. The van der Waals surface area contributed by atoms with Crippen molar-refractivity contribution in [3.8, 4) is 5.75 Å². The summed E-state index contributed by atoms with van der Waals surface area (Å²) in [5.41, 5.74) is 0.771. The van der Waals surface area contributed by atoms with Gasteiger partial charge in [0.1, 0.15) is 5.75 Å². The molecule has 1 aromatic rings. The predicted octanol–water partition coefficient (Wildman–Crippen LogP) is 2.37. The normalized spacial score (nSPS) is 24.0. The number of carbonyl (C=O) groups is 1. The number of hydrogen-bond donors (Lipinski definition) is 2. The molecule has 2 saturated heterocycles. The van der Waals surface area contributed by atoms with Crippen molar-refractivity contribution in [3.63, 3.8) is 0 Å². The highest BCUT2D eigenvalue weighted by Crippen LogP contribution is 2.24. The van der Waals surface area contributed by atoms with E-state index >= 15 is 0 Å². The van der Waals surface area contributed by atoms with Crippen molar-refractivity contribution >= 4 is 5.91 Å². The molecule has 0 aliphatic carbocycles. The van der Waals surface area contributed by atoms with Gasteiger partial charge in [0.05, 0.1) is 6.04 Å². The number of para-hydroxylation sites is 1. The summed E-state index contributed by atoms with van der Waals surface area (Å²) in [5, 5.41) is 6.27. The van der Waals surface area contributed by atoms with E-state index in [1.54, 1.807) is 12.1 Å². The van der Waals surface area contributed by atoms with Gasteiger partial charge >= 0.3 is 6.61 Å². The van der Waals surface area contributed by atoms with Gasteiger partial charge < -0.3 is 15.4 Å². The molecule has 2 fully saturated rings. The third kappa shape index (κ3) is 5.38. The molecule has 0 radical (unpaired) electrons. The number of alkyl halides is 2. The smallest absolute Gasteiger partial charge is 0.387 e. The van der Waals surface area contributed by atoms with Gasteiger partial charge in [-0.15, -0.1) is 0 Å². The Balaban J connectivity index is 1.50. The Labute approximate surface area is 153 Å². The minimum atomic E-state index is -2.82. The summed E-state index contributed by atoms with van der Waals surface area (Å²) in [6.07, 6.45) is 4.07. The molecule has 2 heterocycles. The quantitative estimate of drug-likeness (QED) is 0.777. The zero-order valence-corrected chi connectivity index (χ0v) is 14.9. The molecule has 0 bridgehead atoms. The van der Waals surface area contributed by atoms with Gasteiger partial charge in [-0.1, -0.05) is 18.2 Å². The summed E-state index contributed by atoms with van der Waals surface area (Å²) in [7, 11) is 0. The highest BCUT2D eigenvalue weighted by atomic mass is 19.3. The highest BCUT2D eigenvalue weighted by Gasteiger charge is 2.25. The van der Waals surface area contributed by atoms with E-state index in [1.807, 2.05) is 12.1 Å². The number of nitrogens with zero attached hydrogens (tertiary/aromatic N) is 1. The van der Waals surface area contributed by atoms with Gasteiger partial charge in [-0.2, -0.15) is 8.78 Å². The Morgan fingerprint density at radius 1 is 1.31 bits per heavy atom. The first kappa shape index (κ1) is 19.0. The molecule has 2 unspecified atom stereocenters. The van der Waals surface area contributed by atoms with Crippen molar-refractivity contribution in [2.75, 3.05) is 26.2 Å². The number of hydrogen-bond acceptors (Lipinski definition) is 4. The van der Waals surface area contributed by atoms with E-state index in [0.29, 0.717) is 19.0 Å². The molecule has 2 atom stereocenters. The summed E-state index contributed by atoms with van der Waals surface area (Å²) in [6, 6.07) is 6.90. The fraction of sp³-hybridized carbons (Fsp3) is 0.632. The average Bonchev–Trinajstić information content (AvgIpc) is 3.16. The lowest BCUT2D eigenvalue weighted by Crippen LogP contribution is -2.45. The molecule has 0 aromatic heterocycles. The van der Waals surface area contributed by atoms with Crippen LogP contribution in [0, 0.1) is 5.92 Å². The monoisotopic (exact) mass is 367 g/mol. The number of likely N-dealkylation sites (tertiary alicyclic amines) is 1. The van der Waals surface area contributed by atoms with Gasteiger partial charge in [0.2, 0.25) is 5.91 Å². The molecule has 1 aromatic carbocycles. The summed E-state index contributed by atoms with van der Waals surface area (Å²) in [6.45, 7) is 1.12. The van der Waals surface area contributed by atoms with Crippen LogP contribution in [0.2, 0.25) is 0 Å². The summed E-state index contributed by atoms with van der Waals surface area (Å²) in [5.74, 6) is 0.720. The number of nitrogens with one attached hydrogen (secondary N) is 2. The van der Waals surface area contributed by atoms with E-state index in [1.165, 1.54) is 0 Å². The van der Waals surface area contributed by atoms with E-state index in [0.717, 1.165) is 50.9 Å². The van der Waals surface area contributed by atoms with Crippen LogP contribution in [-0.2, 0) is 11.3 Å². The molecule has 26 heavy (non-hydrogen) atoms. The van der Waals surface area contributed by atoms with Gasteiger partial charge in [-0.25, -0.2) is 0 Å². The van der Waals surface area contributed by atoms with Crippen LogP contribution in [0.3, 0.4) is 0 Å². The minimum Gasteiger partial charge on any atom is -0.434 e. The molecule has 2 aliphatic heterocycles. The molecule has 3 rings (SSSR count). The molecular formula is C19H27F2N3O2. The first-order valence-electron chi connectivity index (χ1n) is 9.38. The SMILES string of the molecule is O=C(NCC1CCCN(Cc2ccccc2OC(F)F)C1)C1CCCN1. The molecule has 0 saturated carbocycles. The lowest BCUT2D eigenvalue weighted by atomic mass is 9.97. The molecular weight excluding hydrogens is 340 g/mol. The van der Waals surface area contributed by atoms with E-state index in [4.69, 9.17) is 0 Å². The van der Waals surface area contributed by atoms with E-state index in [9.17, 15) is 13.6 Å². The van der Waals surface area contributed by atoms with E-state index in [2.05, 4.69) is 20.3 Å². The van der Waals surface area contributed by atoms with Crippen molar-refractivity contribution in [2.24, 2.45) is 5.92 Å². The second-order valence-electron chi connectivity index (χ2n) is 7.12. The zero-order valence-electron chi connectivity index (χ0n) is 14.9. The maximum Gasteiger partial charge on any atom is 0.387 e. The zero-order chi connectivity index (χ0) is 18.4. The van der Waals surface area contributed by atoms with Crippen LogP contribution in [0.4, 0.5) is 8.78 Å². The first-order chi connectivity index (χ1) is 12.6. The topological polar surface area (TPSA) is 53.6 Å². The van der Waals surface area contributed by atoms with E-state index < -0.39 is 6.61 Å². The Kier molecular flexibility index (Phi) is 6.80. The second-order valence-corrected chi connectivity index (χ2v) is 7.12. The molecule has 2 aliphatic rings. The van der Waals surface area contributed by atoms with Gasteiger partial charge in [0, 0.05) is 25.2 Å². The standard InChI is InChI=1S/C19H27F2N3O2/c20-19(21)26-17-8-2-1-6-15(17)13-24-10-4-5-14(12-24)11-23-18(25)16-7-3-9-22-16/h1-2,6,8,14,16,19,22H,3-5,7,9-13H2,(H,23,25). The summed E-state index contributed by atoms with van der Waals surface area (Å²) < 4.78 is 29.8. The Bertz CT molecular complexity index is 594. The number of piperidine rings is 1.